The molecule has 0 aliphatic carbocycles. The lowest BCUT2D eigenvalue weighted by molar-refractivity contribution is -0.119. The van der Waals surface area contributed by atoms with Gasteiger partial charge in [0.15, 0.2) is 11.5 Å². The molecule has 158 valence electrons. The maximum atomic E-state index is 12.4. The van der Waals surface area contributed by atoms with Crippen LogP contribution < -0.4 is 14.8 Å². The van der Waals surface area contributed by atoms with Gasteiger partial charge in [-0.05, 0) is 49.6 Å². The van der Waals surface area contributed by atoms with E-state index in [1.165, 1.54) is 11.8 Å². The summed E-state index contributed by atoms with van der Waals surface area (Å²) in [6, 6.07) is 9.14. The van der Waals surface area contributed by atoms with E-state index in [0.29, 0.717) is 24.5 Å². The molecule has 0 radical (unpaired) electrons. The molecule has 2 aromatic rings. The molecule has 7 nitrogen and oxygen atoms in total. The highest BCUT2D eigenvalue weighted by atomic mass is 32.2. The molecule has 1 atom stereocenters. The number of benzene rings is 1. The van der Waals surface area contributed by atoms with E-state index in [9.17, 15) is 9.59 Å². The van der Waals surface area contributed by atoms with E-state index >= 15 is 0 Å². The van der Waals surface area contributed by atoms with Crippen LogP contribution in [0.5, 0.6) is 11.5 Å². The van der Waals surface area contributed by atoms with Gasteiger partial charge in [0.1, 0.15) is 13.2 Å². The van der Waals surface area contributed by atoms with Gasteiger partial charge < -0.3 is 19.7 Å². The first-order valence-corrected chi connectivity index (χ1v) is 11.2. The molecule has 3 heterocycles. The minimum atomic E-state index is -0.151. The number of likely N-dealkylation sites (tertiary alicyclic amines) is 1. The number of pyridine rings is 1. The zero-order valence-corrected chi connectivity index (χ0v) is 17.7. The molecule has 8 heteroatoms. The predicted molar refractivity (Wildman–Crippen MR) is 114 cm³/mol. The summed E-state index contributed by atoms with van der Waals surface area (Å²) in [6.45, 7) is 4.65. The SMILES string of the molecule is CC(NC(=O)CSc1ccc(C(=O)N2CCCC2)cn1)c1ccc2c(c1)OCCO2. The van der Waals surface area contributed by atoms with Crippen molar-refractivity contribution in [2.45, 2.75) is 30.8 Å². The number of nitrogens with zero attached hydrogens (tertiary/aromatic N) is 2. The summed E-state index contributed by atoms with van der Waals surface area (Å²) >= 11 is 1.35. The molecule has 2 aliphatic heterocycles. The van der Waals surface area contributed by atoms with Crippen molar-refractivity contribution in [1.29, 1.82) is 0 Å². The van der Waals surface area contributed by atoms with Crippen molar-refractivity contribution < 1.29 is 19.1 Å². The Morgan fingerprint density at radius 2 is 1.90 bits per heavy atom. The number of amides is 2. The first kappa shape index (κ1) is 20.5. The molecule has 1 saturated heterocycles. The van der Waals surface area contributed by atoms with Crippen molar-refractivity contribution in [1.82, 2.24) is 15.2 Å². The first-order valence-electron chi connectivity index (χ1n) is 10.2. The van der Waals surface area contributed by atoms with Gasteiger partial charge >= 0.3 is 0 Å². The molecule has 1 aromatic carbocycles. The van der Waals surface area contributed by atoms with Gasteiger partial charge in [0.05, 0.1) is 22.4 Å². The largest absolute Gasteiger partial charge is 0.486 e. The summed E-state index contributed by atoms with van der Waals surface area (Å²) in [7, 11) is 0. The number of thioether (sulfide) groups is 1. The molecular formula is C22H25N3O4S. The molecule has 1 aromatic heterocycles. The van der Waals surface area contributed by atoms with Crippen molar-refractivity contribution in [3.8, 4) is 11.5 Å². The van der Waals surface area contributed by atoms with Crippen molar-refractivity contribution in [3.63, 3.8) is 0 Å². The highest BCUT2D eigenvalue weighted by Gasteiger charge is 2.20. The van der Waals surface area contributed by atoms with Crippen LogP contribution in [0.2, 0.25) is 0 Å². The molecule has 0 spiro atoms. The van der Waals surface area contributed by atoms with E-state index in [4.69, 9.17) is 9.47 Å². The molecule has 2 amide bonds. The predicted octanol–water partition coefficient (Wildman–Crippen LogP) is 3.06. The summed E-state index contributed by atoms with van der Waals surface area (Å²) in [4.78, 5) is 30.9. The second-order valence-electron chi connectivity index (χ2n) is 7.37. The van der Waals surface area contributed by atoms with Crippen LogP contribution >= 0.6 is 11.8 Å². The summed E-state index contributed by atoms with van der Waals surface area (Å²) in [5.74, 6) is 1.64. The smallest absolute Gasteiger partial charge is 0.255 e. The number of hydrogen-bond donors (Lipinski definition) is 1. The van der Waals surface area contributed by atoms with Gasteiger partial charge in [0, 0.05) is 19.3 Å². The molecule has 30 heavy (non-hydrogen) atoms. The molecule has 4 rings (SSSR count). The Kier molecular flexibility index (Phi) is 6.42. The average Bonchev–Trinajstić information content (AvgIpc) is 3.32. The van der Waals surface area contributed by atoms with E-state index in [-0.39, 0.29) is 23.6 Å². The van der Waals surface area contributed by atoms with Crippen molar-refractivity contribution in [3.05, 3.63) is 47.7 Å². The Balaban J connectivity index is 1.27. The van der Waals surface area contributed by atoms with Crippen molar-refractivity contribution >= 4 is 23.6 Å². The molecule has 1 fully saturated rings. The highest BCUT2D eigenvalue weighted by molar-refractivity contribution is 7.99. The molecule has 1 unspecified atom stereocenters. The third-order valence-electron chi connectivity index (χ3n) is 5.17. The Morgan fingerprint density at radius 1 is 1.13 bits per heavy atom. The van der Waals surface area contributed by atoms with Gasteiger partial charge in [0.25, 0.3) is 5.91 Å². The Hall–Kier alpha value is -2.74. The Bertz CT molecular complexity index is 913. The third-order valence-corrected chi connectivity index (χ3v) is 6.12. The number of nitrogens with one attached hydrogen (secondary N) is 1. The van der Waals surface area contributed by atoms with Gasteiger partial charge in [0.2, 0.25) is 5.91 Å². The van der Waals surface area contributed by atoms with Gasteiger partial charge in [-0.25, -0.2) is 4.98 Å². The van der Waals surface area contributed by atoms with Gasteiger partial charge in [-0.2, -0.15) is 0 Å². The molecule has 0 bridgehead atoms. The first-order chi connectivity index (χ1) is 14.6. The second kappa shape index (κ2) is 9.38. The van der Waals surface area contributed by atoms with Crippen LogP contribution in [0.25, 0.3) is 0 Å². The monoisotopic (exact) mass is 427 g/mol. The zero-order chi connectivity index (χ0) is 20.9. The number of carbonyl (C=O) groups excluding carboxylic acids is 2. The summed E-state index contributed by atoms with van der Waals surface area (Å²) < 4.78 is 11.1. The Morgan fingerprint density at radius 3 is 2.63 bits per heavy atom. The van der Waals surface area contributed by atoms with Crippen LogP contribution in [0, 0.1) is 0 Å². The van der Waals surface area contributed by atoms with Crippen LogP contribution in [0.3, 0.4) is 0 Å². The third kappa shape index (κ3) is 4.87. The average molecular weight is 428 g/mol. The molecule has 1 N–H and O–H groups in total. The minimum absolute atomic E-state index is 0.0301. The van der Waals surface area contributed by atoms with E-state index in [1.54, 1.807) is 18.3 Å². The number of carbonyl (C=O) groups is 2. The van der Waals surface area contributed by atoms with Gasteiger partial charge in [-0.15, -0.1) is 0 Å². The fourth-order valence-electron chi connectivity index (χ4n) is 3.53. The summed E-state index contributed by atoms with van der Waals surface area (Å²) in [5, 5.41) is 3.71. The second-order valence-corrected chi connectivity index (χ2v) is 8.36. The fraction of sp³-hybridized carbons (Fsp3) is 0.409. The van der Waals surface area contributed by atoms with Crippen LogP contribution in [-0.2, 0) is 4.79 Å². The topological polar surface area (TPSA) is 80.8 Å². The number of fused-ring (bicyclic) bond motifs is 1. The van der Waals surface area contributed by atoms with Crippen LogP contribution in [0.15, 0.2) is 41.6 Å². The zero-order valence-electron chi connectivity index (χ0n) is 16.9. The van der Waals surface area contributed by atoms with Gasteiger partial charge in [-0.3, -0.25) is 9.59 Å². The van der Waals surface area contributed by atoms with Crippen molar-refractivity contribution in [2.24, 2.45) is 0 Å². The molecule has 0 saturated carbocycles. The van der Waals surface area contributed by atoms with Crippen LogP contribution in [0.4, 0.5) is 0 Å². The van der Waals surface area contributed by atoms with E-state index in [1.807, 2.05) is 30.0 Å². The van der Waals surface area contributed by atoms with E-state index < -0.39 is 0 Å². The van der Waals surface area contributed by atoms with Crippen LogP contribution in [0.1, 0.15) is 41.7 Å². The summed E-state index contributed by atoms with van der Waals surface area (Å²) in [5.41, 5.74) is 1.55. The minimum Gasteiger partial charge on any atom is -0.486 e. The normalized spacial score (nSPS) is 16.2. The Labute approximate surface area is 180 Å². The number of aromatic nitrogens is 1. The standard InChI is InChI=1S/C22H25N3O4S/c1-15(16-4-6-18-19(12-16)29-11-10-28-18)24-20(26)14-30-21-7-5-17(13-23-21)22(27)25-8-2-3-9-25/h4-7,12-13,15H,2-3,8-11,14H2,1H3,(H,24,26). The number of rotatable bonds is 6. The van der Waals surface area contributed by atoms with Gasteiger partial charge in [-0.1, -0.05) is 17.8 Å². The lowest BCUT2D eigenvalue weighted by Gasteiger charge is -2.21. The fourth-order valence-corrected chi connectivity index (χ4v) is 4.18. The molecule has 2 aliphatic rings. The lowest BCUT2D eigenvalue weighted by atomic mass is 10.1. The molecular weight excluding hydrogens is 402 g/mol. The van der Waals surface area contributed by atoms with Crippen molar-refractivity contribution in [2.75, 3.05) is 32.1 Å². The maximum absolute atomic E-state index is 12.4. The van der Waals surface area contributed by atoms with E-state index in [2.05, 4.69) is 10.3 Å². The summed E-state index contributed by atoms with van der Waals surface area (Å²) in [6.07, 6.45) is 3.72. The quantitative estimate of drug-likeness (QED) is 0.714. The number of hydrogen-bond acceptors (Lipinski definition) is 6. The maximum Gasteiger partial charge on any atom is 0.255 e. The highest BCUT2D eigenvalue weighted by Crippen LogP contribution is 2.32. The number of ether oxygens (including phenoxy) is 2. The van der Waals surface area contributed by atoms with E-state index in [0.717, 1.165) is 42.3 Å². The lowest BCUT2D eigenvalue weighted by Crippen LogP contribution is -2.28. The van der Waals surface area contributed by atoms with Crippen LogP contribution in [-0.4, -0.2) is 53.8 Å².